The van der Waals surface area contributed by atoms with Gasteiger partial charge < -0.3 is 4.79 Å². The van der Waals surface area contributed by atoms with Gasteiger partial charge in [0.2, 0.25) is 0 Å². The van der Waals surface area contributed by atoms with Crippen LogP contribution in [0.4, 0.5) is 5.69 Å². The first-order valence-electron chi connectivity index (χ1n) is 3.65. The topological polar surface area (TPSA) is 45.2 Å². The molecule has 0 N–H and O–H groups in total. The third kappa shape index (κ3) is 2.15. The van der Waals surface area contributed by atoms with Crippen molar-refractivity contribution in [3.63, 3.8) is 0 Å². The lowest BCUT2D eigenvalue weighted by Crippen LogP contribution is -1.86. The standard InChI is InChI=1S/C10H6N2O/c1-12-10-5-8(2-3-13)4-9(6-10)7-11/h3-6H,2H2. The molecule has 62 valence electrons. The second-order valence-electron chi connectivity index (χ2n) is 2.48. The number of nitrogens with zero attached hydrogens (tertiary/aromatic N) is 2. The van der Waals surface area contributed by atoms with E-state index in [1.165, 1.54) is 6.07 Å². The summed E-state index contributed by atoms with van der Waals surface area (Å²) in [6.07, 6.45) is 1.00. The molecule has 1 aromatic rings. The Kier molecular flexibility index (Phi) is 2.78. The molecule has 0 spiro atoms. The van der Waals surface area contributed by atoms with Crippen LogP contribution < -0.4 is 0 Å². The largest absolute Gasteiger partial charge is 0.303 e. The molecule has 3 nitrogen and oxygen atoms in total. The van der Waals surface area contributed by atoms with Crippen LogP contribution in [0.5, 0.6) is 0 Å². The molecular formula is C10H6N2O. The molecule has 3 heteroatoms. The van der Waals surface area contributed by atoms with Crippen LogP contribution in [0.1, 0.15) is 11.1 Å². The fourth-order valence-electron chi connectivity index (χ4n) is 1.02. The molecule has 0 fully saturated rings. The predicted octanol–water partition coefficient (Wildman–Crippen LogP) is 1.85. The van der Waals surface area contributed by atoms with Crippen molar-refractivity contribution in [2.24, 2.45) is 0 Å². The van der Waals surface area contributed by atoms with Gasteiger partial charge in [0.25, 0.3) is 0 Å². The number of rotatable bonds is 2. The van der Waals surface area contributed by atoms with Crippen molar-refractivity contribution >= 4 is 12.0 Å². The number of carbonyl (C=O) groups is 1. The van der Waals surface area contributed by atoms with Gasteiger partial charge in [0, 0.05) is 12.0 Å². The molecule has 0 bridgehead atoms. The summed E-state index contributed by atoms with van der Waals surface area (Å²) in [4.78, 5) is 13.4. The zero-order chi connectivity index (χ0) is 9.68. The molecule has 0 saturated carbocycles. The summed E-state index contributed by atoms with van der Waals surface area (Å²) in [5.74, 6) is 0. The Morgan fingerprint density at radius 2 is 2.31 bits per heavy atom. The number of aldehydes is 1. The van der Waals surface area contributed by atoms with Crippen LogP contribution in [0, 0.1) is 17.9 Å². The maximum Gasteiger partial charge on any atom is 0.188 e. The maximum atomic E-state index is 10.2. The van der Waals surface area contributed by atoms with Crippen LogP contribution in [0.15, 0.2) is 18.2 Å². The van der Waals surface area contributed by atoms with Crippen LogP contribution in [0.2, 0.25) is 0 Å². The van der Waals surface area contributed by atoms with E-state index in [0.717, 1.165) is 6.29 Å². The van der Waals surface area contributed by atoms with Gasteiger partial charge in [-0.1, -0.05) is 11.6 Å². The Hall–Kier alpha value is -2.13. The van der Waals surface area contributed by atoms with Gasteiger partial charge in [0.1, 0.15) is 6.29 Å². The highest BCUT2D eigenvalue weighted by atomic mass is 16.1. The van der Waals surface area contributed by atoms with Crippen LogP contribution in [-0.2, 0) is 11.2 Å². The van der Waals surface area contributed by atoms with E-state index in [9.17, 15) is 4.79 Å². The van der Waals surface area contributed by atoms with E-state index in [-0.39, 0.29) is 6.42 Å². The second kappa shape index (κ2) is 4.04. The van der Waals surface area contributed by atoms with Gasteiger partial charge in [0.05, 0.1) is 12.6 Å². The van der Waals surface area contributed by atoms with Crippen LogP contribution in [0.3, 0.4) is 0 Å². The van der Waals surface area contributed by atoms with E-state index in [1.54, 1.807) is 12.1 Å². The van der Waals surface area contributed by atoms with E-state index in [4.69, 9.17) is 11.8 Å². The average Bonchev–Trinajstić information content (AvgIpc) is 2.17. The number of nitriles is 1. The first-order valence-corrected chi connectivity index (χ1v) is 3.65. The summed E-state index contributed by atoms with van der Waals surface area (Å²) in [6.45, 7) is 6.77. The SMILES string of the molecule is [C-]#[N+]c1cc(C#N)cc(CC=O)c1. The van der Waals surface area contributed by atoms with Crippen molar-refractivity contribution < 1.29 is 4.79 Å². The second-order valence-corrected chi connectivity index (χ2v) is 2.48. The van der Waals surface area contributed by atoms with Gasteiger partial charge in [-0.2, -0.15) is 5.26 Å². The molecule has 13 heavy (non-hydrogen) atoms. The van der Waals surface area contributed by atoms with Crippen LogP contribution in [-0.4, -0.2) is 6.29 Å². The first-order chi connectivity index (χ1) is 6.30. The smallest absolute Gasteiger partial charge is 0.188 e. The number of benzene rings is 1. The van der Waals surface area contributed by atoms with Gasteiger partial charge in [-0.15, -0.1) is 0 Å². The Labute approximate surface area is 76.0 Å². The molecule has 0 saturated heterocycles. The van der Waals surface area contributed by atoms with E-state index in [2.05, 4.69) is 4.85 Å². The van der Waals surface area contributed by atoms with E-state index >= 15 is 0 Å². The molecular weight excluding hydrogens is 164 g/mol. The van der Waals surface area contributed by atoms with Gasteiger partial charge in [-0.3, -0.25) is 0 Å². The van der Waals surface area contributed by atoms with Gasteiger partial charge in [0.15, 0.2) is 5.69 Å². The lowest BCUT2D eigenvalue weighted by molar-refractivity contribution is -0.107. The maximum absolute atomic E-state index is 10.2. The number of hydrogen-bond acceptors (Lipinski definition) is 2. The molecule has 1 aromatic carbocycles. The molecule has 0 aromatic heterocycles. The monoisotopic (exact) mass is 170 g/mol. The fourth-order valence-corrected chi connectivity index (χ4v) is 1.02. The molecule has 0 heterocycles. The van der Waals surface area contributed by atoms with Crippen molar-refractivity contribution in [2.45, 2.75) is 6.42 Å². The van der Waals surface area contributed by atoms with Crippen LogP contribution in [0.25, 0.3) is 4.85 Å². The quantitative estimate of drug-likeness (QED) is 0.502. The Balaban J connectivity index is 3.18. The first kappa shape index (κ1) is 8.96. The molecule has 0 amide bonds. The third-order valence-electron chi connectivity index (χ3n) is 1.55. The fraction of sp³-hybridized carbons (Fsp3) is 0.100. The van der Waals surface area contributed by atoms with Crippen LogP contribution >= 0.6 is 0 Å². The summed E-state index contributed by atoms with van der Waals surface area (Å²) in [6, 6.07) is 6.67. The van der Waals surface area contributed by atoms with E-state index < -0.39 is 0 Å². The highest BCUT2D eigenvalue weighted by Gasteiger charge is 1.99. The van der Waals surface area contributed by atoms with Crippen molar-refractivity contribution in [2.75, 3.05) is 0 Å². The van der Waals surface area contributed by atoms with Crippen molar-refractivity contribution in [1.82, 2.24) is 0 Å². The van der Waals surface area contributed by atoms with Gasteiger partial charge >= 0.3 is 0 Å². The van der Waals surface area contributed by atoms with Gasteiger partial charge in [-0.05, 0) is 12.1 Å². The van der Waals surface area contributed by atoms with E-state index in [0.29, 0.717) is 16.8 Å². The Bertz CT molecular complexity index is 378. The number of hydrogen-bond donors (Lipinski definition) is 0. The predicted molar refractivity (Wildman–Crippen MR) is 47.2 cm³/mol. The Morgan fingerprint density at radius 3 is 2.85 bits per heavy atom. The molecule has 1 rings (SSSR count). The Morgan fingerprint density at radius 1 is 1.54 bits per heavy atom. The van der Waals surface area contributed by atoms with Crippen molar-refractivity contribution in [3.8, 4) is 6.07 Å². The van der Waals surface area contributed by atoms with Gasteiger partial charge in [-0.25, -0.2) is 4.85 Å². The minimum absolute atomic E-state index is 0.248. The minimum atomic E-state index is 0.248. The highest BCUT2D eigenvalue weighted by molar-refractivity contribution is 5.60. The molecule has 0 aliphatic heterocycles. The highest BCUT2D eigenvalue weighted by Crippen LogP contribution is 2.17. The lowest BCUT2D eigenvalue weighted by Gasteiger charge is -1.97. The summed E-state index contributed by atoms with van der Waals surface area (Å²) in [7, 11) is 0. The van der Waals surface area contributed by atoms with E-state index in [1.807, 2.05) is 6.07 Å². The third-order valence-corrected chi connectivity index (χ3v) is 1.55. The summed E-state index contributed by atoms with van der Waals surface area (Å²) in [5, 5.41) is 8.61. The molecule has 0 aliphatic carbocycles. The zero-order valence-corrected chi connectivity index (χ0v) is 6.82. The summed E-state index contributed by atoms with van der Waals surface area (Å²) in [5.41, 5.74) is 1.53. The molecule has 0 aliphatic rings. The summed E-state index contributed by atoms with van der Waals surface area (Å²) >= 11 is 0. The molecule has 0 unspecified atom stereocenters. The molecule has 0 radical (unpaired) electrons. The van der Waals surface area contributed by atoms with Crippen molar-refractivity contribution in [3.05, 3.63) is 40.7 Å². The zero-order valence-electron chi connectivity index (χ0n) is 6.82. The lowest BCUT2D eigenvalue weighted by atomic mass is 10.1. The number of carbonyl (C=O) groups excluding carboxylic acids is 1. The normalized spacial score (nSPS) is 8.46. The van der Waals surface area contributed by atoms with Crippen molar-refractivity contribution in [1.29, 1.82) is 5.26 Å². The minimum Gasteiger partial charge on any atom is -0.303 e. The average molecular weight is 170 g/mol. The summed E-state index contributed by atoms with van der Waals surface area (Å²) < 4.78 is 0. The molecule has 0 atom stereocenters.